The Morgan fingerprint density at radius 3 is 2.95 bits per heavy atom. The molecule has 1 aromatic carbocycles. The summed E-state index contributed by atoms with van der Waals surface area (Å²) in [5, 5.41) is 10.9. The number of aryl methyl sites for hydroxylation is 1. The van der Waals surface area contributed by atoms with Gasteiger partial charge >= 0.3 is 5.69 Å². The molecule has 0 bridgehead atoms. The summed E-state index contributed by atoms with van der Waals surface area (Å²) in [7, 11) is 0. The largest absolute Gasteiger partial charge is 0.479 e. The van der Waals surface area contributed by atoms with E-state index < -0.39 is 4.92 Å². The number of hydrogen-bond acceptors (Lipinski definition) is 5. The predicted molar refractivity (Wildman–Crippen MR) is 70.7 cm³/mol. The molecule has 0 fully saturated rings. The van der Waals surface area contributed by atoms with E-state index in [2.05, 4.69) is 4.98 Å². The van der Waals surface area contributed by atoms with Gasteiger partial charge in [-0.05, 0) is 19.1 Å². The van der Waals surface area contributed by atoms with Gasteiger partial charge in [0, 0.05) is 30.6 Å². The second-order valence-corrected chi connectivity index (χ2v) is 4.02. The highest BCUT2D eigenvalue weighted by atomic mass is 16.6. The van der Waals surface area contributed by atoms with Crippen LogP contribution in [0.5, 0.6) is 5.75 Å². The van der Waals surface area contributed by atoms with E-state index in [-0.39, 0.29) is 18.0 Å². The number of nitro benzene ring substituents is 1. The molecule has 0 aliphatic heterocycles. The molecule has 0 aliphatic rings. The Hall–Kier alpha value is -2.70. The molecule has 2 aromatic rings. The number of ether oxygens (including phenoxy) is 1. The van der Waals surface area contributed by atoms with E-state index in [1.165, 1.54) is 18.2 Å². The summed E-state index contributed by atoms with van der Waals surface area (Å²) in [6, 6.07) is 3.99. The average molecular weight is 275 g/mol. The molecule has 0 saturated carbocycles. The lowest BCUT2D eigenvalue weighted by molar-refractivity contribution is -0.386. The summed E-state index contributed by atoms with van der Waals surface area (Å²) in [5.41, 5.74) is 0.148. The Morgan fingerprint density at radius 2 is 2.30 bits per heavy atom. The number of aldehydes is 1. The van der Waals surface area contributed by atoms with Crippen LogP contribution in [-0.2, 0) is 13.2 Å². The van der Waals surface area contributed by atoms with Gasteiger partial charge in [0.1, 0.15) is 18.7 Å². The second kappa shape index (κ2) is 5.96. The van der Waals surface area contributed by atoms with Crippen LogP contribution in [0.3, 0.4) is 0 Å². The van der Waals surface area contributed by atoms with Gasteiger partial charge in [0.05, 0.1) is 4.92 Å². The molecule has 104 valence electrons. The van der Waals surface area contributed by atoms with Crippen LogP contribution in [0.15, 0.2) is 30.6 Å². The SMILES string of the molecule is CCn1ccnc1COc1cc(C=O)ccc1[N+](=O)[O-]. The fourth-order valence-electron chi connectivity index (χ4n) is 1.78. The molecule has 7 heteroatoms. The van der Waals surface area contributed by atoms with Gasteiger partial charge in [0.15, 0.2) is 5.75 Å². The Balaban J connectivity index is 2.23. The predicted octanol–water partition coefficient (Wildman–Crippen LogP) is 2.20. The zero-order valence-corrected chi connectivity index (χ0v) is 10.9. The third kappa shape index (κ3) is 2.82. The lowest BCUT2D eigenvalue weighted by Gasteiger charge is -2.08. The molecule has 0 spiro atoms. The number of rotatable bonds is 6. The molecule has 0 unspecified atom stereocenters. The summed E-state index contributed by atoms with van der Waals surface area (Å²) in [5.74, 6) is 0.726. The molecule has 0 amide bonds. The highest BCUT2D eigenvalue weighted by Crippen LogP contribution is 2.28. The fraction of sp³-hybridized carbons (Fsp3) is 0.231. The number of imidazole rings is 1. The number of nitrogens with zero attached hydrogens (tertiary/aromatic N) is 3. The highest BCUT2D eigenvalue weighted by Gasteiger charge is 2.16. The zero-order valence-electron chi connectivity index (χ0n) is 10.9. The molecule has 1 aromatic heterocycles. The van der Waals surface area contributed by atoms with Crippen LogP contribution in [0.25, 0.3) is 0 Å². The highest BCUT2D eigenvalue weighted by molar-refractivity contribution is 5.76. The van der Waals surface area contributed by atoms with Crippen molar-refractivity contribution in [1.29, 1.82) is 0 Å². The van der Waals surface area contributed by atoms with Crippen LogP contribution >= 0.6 is 0 Å². The quantitative estimate of drug-likeness (QED) is 0.458. The van der Waals surface area contributed by atoms with E-state index in [4.69, 9.17) is 4.74 Å². The molecule has 0 atom stereocenters. The van der Waals surface area contributed by atoms with Gasteiger partial charge in [-0.3, -0.25) is 14.9 Å². The van der Waals surface area contributed by atoms with Crippen molar-refractivity contribution < 1.29 is 14.5 Å². The van der Waals surface area contributed by atoms with Crippen LogP contribution in [0.2, 0.25) is 0 Å². The Morgan fingerprint density at radius 1 is 1.50 bits per heavy atom. The van der Waals surface area contributed by atoms with Crippen molar-refractivity contribution in [3.05, 3.63) is 52.1 Å². The van der Waals surface area contributed by atoms with Gasteiger partial charge in [-0.1, -0.05) is 0 Å². The number of nitro groups is 1. The van der Waals surface area contributed by atoms with Crippen LogP contribution in [-0.4, -0.2) is 20.8 Å². The smallest absolute Gasteiger partial charge is 0.310 e. The maximum atomic E-state index is 10.9. The normalized spacial score (nSPS) is 10.2. The first-order chi connectivity index (χ1) is 9.65. The van der Waals surface area contributed by atoms with Crippen LogP contribution in [0, 0.1) is 10.1 Å². The van der Waals surface area contributed by atoms with E-state index in [1.807, 2.05) is 11.5 Å². The average Bonchev–Trinajstić information content (AvgIpc) is 2.91. The fourth-order valence-corrected chi connectivity index (χ4v) is 1.78. The summed E-state index contributed by atoms with van der Waals surface area (Å²) >= 11 is 0. The summed E-state index contributed by atoms with van der Waals surface area (Å²) in [6.07, 6.45) is 4.05. The van der Waals surface area contributed by atoms with Gasteiger partial charge in [0.2, 0.25) is 0 Å². The van der Waals surface area contributed by atoms with Crippen LogP contribution in [0.1, 0.15) is 23.1 Å². The summed E-state index contributed by atoms with van der Waals surface area (Å²) in [6.45, 7) is 2.79. The maximum absolute atomic E-state index is 10.9. The van der Waals surface area contributed by atoms with Crippen molar-refractivity contribution in [1.82, 2.24) is 9.55 Å². The van der Waals surface area contributed by atoms with Crippen LogP contribution in [0.4, 0.5) is 5.69 Å². The van der Waals surface area contributed by atoms with Gasteiger partial charge in [-0.25, -0.2) is 4.98 Å². The summed E-state index contributed by atoms with van der Waals surface area (Å²) < 4.78 is 7.31. The van der Waals surface area contributed by atoms with Gasteiger partial charge < -0.3 is 9.30 Å². The second-order valence-electron chi connectivity index (χ2n) is 4.02. The molecular weight excluding hydrogens is 262 g/mol. The van der Waals surface area contributed by atoms with E-state index >= 15 is 0 Å². The lowest BCUT2D eigenvalue weighted by atomic mass is 10.2. The van der Waals surface area contributed by atoms with E-state index in [0.717, 1.165) is 6.54 Å². The van der Waals surface area contributed by atoms with E-state index in [0.29, 0.717) is 17.7 Å². The molecule has 2 rings (SSSR count). The van der Waals surface area contributed by atoms with Crippen molar-refractivity contribution >= 4 is 12.0 Å². The Labute approximate surface area is 115 Å². The molecule has 0 N–H and O–H groups in total. The third-order valence-electron chi connectivity index (χ3n) is 2.82. The topological polar surface area (TPSA) is 87.3 Å². The third-order valence-corrected chi connectivity index (χ3v) is 2.82. The van der Waals surface area contributed by atoms with Gasteiger partial charge in [0.25, 0.3) is 0 Å². The monoisotopic (exact) mass is 275 g/mol. The Kier molecular flexibility index (Phi) is 4.09. The first-order valence-corrected chi connectivity index (χ1v) is 6.02. The Bertz CT molecular complexity index is 636. The van der Waals surface area contributed by atoms with Crippen molar-refractivity contribution in [2.75, 3.05) is 0 Å². The minimum atomic E-state index is -0.545. The lowest BCUT2D eigenvalue weighted by Crippen LogP contribution is -2.06. The number of carbonyl (C=O) groups excluding carboxylic acids is 1. The van der Waals surface area contributed by atoms with Crippen molar-refractivity contribution in [2.24, 2.45) is 0 Å². The molecule has 0 saturated heterocycles. The number of hydrogen-bond donors (Lipinski definition) is 0. The van der Waals surface area contributed by atoms with E-state index in [9.17, 15) is 14.9 Å². The number of aromatic nitrogens is 2. The number of benzene rings is 1. The molecular formula is C13H13N3O4. The standard InChI is InChI=1S/C13H13N3O4/c1-2-15-6-5-14-13(15)9-20-12-7-10(8-17)3-4-11(12)16(18)19/h3-8H,2,9H2,1H3. The molecule has 7 nitrogen and oxygen atoms in total. The zero-order chi connectivity index (χ0) is 14.5. The first-order valence-electron chi connectivity index (χ1n) is 6.02. The first kappa shape index (κ1) is 13.7. The minimum absolute atomic E-state index is 0.0604. The minimum Gasteiger partial charge on any atom is -0.479 e. The molecule has 0 radical (unpaired) electrons. The van der Waals surface area contributed by atoms with Crippen molar-refractivity contribution in [3.63, 3.8) is 0 Å². The summed E-state index contributed by atoms with van der Waals surface area (Å²) in [4.78, 5) is 25.2. The molecule has 1 heterocycles. The van der Waals surface area contributed by atoms with Crippen molar-refractivity contribution in [2.45, 2.75) is 20.1 Å². The van der Waals surface area contributed by atoms with Gasteiger partial charge in [-0.2, -0.15) is 0 Å². The van der Waals surface area contributed by atoms with E-state index in [1.54, 1.807) is 12.4 Å². The molecule has 0 aliphatic carbocycles. The van der Waals surface area contributed by atoms with Crippen LogP contribution < -0.4 is 4.74 Å². The van der Waals surface area contributed by atoms with Gasteiger partial charge in [-0.15, -0.1) is 0 Å². The molecule has 20 heavy (non-hydrogen) atoms. The van der Waals surface area contributed by atoms with Crippen molar-refractivity contribution in [3.8, 4) is 5.75 Å². The maximum Gasteiger partial charge on any atom is 0.310 e. The number of carbonyl (C=O) groups is 1.